The van der Waals surface area contributed by atoms with Gasteiger partial charge in [0.05, 0.1) is 10.0 Å². The Labute approximate surface area is 202 Å². The van der Waals surface area contributed by atoms with E-state index < -0.39 is 28.6 Å². The number of hydrogen-bond donors (Lipinski definition) is 2. The molecule has 1 aromatic heterocycles. The van der Waals surface area contributed by atoms with Crippen molar-refractivity contribution in [1.82, 2.24) is 15.6 Å². The number of amides is 2. The summed E-state index contributed by atoms with van der Waals surface area (Å²) in [6.07, 6.45) is 2.91. The van der Waals surface area contributed by atoms with Crippen molar-refractivity contribution in [3.8, 4) is 17.2 Å². The maximum absolute atomic E-state index is 13.7. The van der Waals surface area contributed by atoms with Gasteiger partial charge in [0.15, 0.2) is 12.3 Å². The van der Waals surface area contributed by atoms with Crippen molar-refractivity contribution < 1.29 is 27.5 Å². The van der Waals surface area contributed by atoms with Crippen molar-refractivity contribution >= 4 is 35.0 Å². The molecular formula is C23H17Cl2F2N3O4. The highest BCUT2D eigenvalue weighted by atomic mass is 35.5. The lowest BCUT2D eigenvalue weighted by Gasteiger charge is -2.70. The van der Waals surface area contributed by atoms with Crippen molar-refractivity contribution in [2.24, 2.45) is 0 Å². The molecule has 2 amide bonds. The summed E-state index contributed by atoms with van der Waals surface area (Å²) in [6.45, 7) is -0.269. The number of aromatic nitrogens is 1. The minimum atomic E-state index is -0.628. The Morgan fingerprint density at radius 1 is 1.00 bits per heavy atom. The van der Waals surface area contributed by atoms with Crippen LogP contribution in [-0.2, 0) is 4.79 Å². The molecule has 3 aromatic rings. The number of hydrogen-bond acceptors (Lipinski definition) is 5. The Hall–Kier alpha value is -3.17. The van der Waals surface area contributed by atoms with Gasteiger partial charge in [-0.3, -0.25) is 9.59 Å². The maximum atomic E-state index is 13.7. The van der Waals surface area contributed by atoms with Gasteiger partial charge in [-0.15, -0.1) is 0 Å². The first-order chi connectivity index (χ1) is 16.2. The normalized spacial score (nSPS) is 22.4. The maximum Gasteiger partial charge on any atom is 0.273 e. The van der Waals surface area contributed by atoms with Crippen molar-refractivity contribution in [2.75, 3.05) is 6.61 Å². The molecule has 0 saturated heterocycles. The summed E-state index contributed by atoms with van der Waals surface area (Å²) in [7, 11) is 0. The second-order valence-electron chi connectivity index (χ2n) is 8.62. The van der Waals surface area contributed by atoms with Gasteiger partial charge in [-0.1, -0.05) is 23.2 Å². The van der Waals surface area contributed by atoms with Crippen LogP contribution < -0.4 is 15.4 Å². The van der Waals surface area contributed by atoms with Crippen LogP contribution in [0.3, 0.4) is 0 Å². The van der Waals surface area contributed by atoms with E-state index in [1.54, 1.807) is 6.07 Å². The van der Waals surface area contributed by atoms with Gasteiger partial charge in [0.25, 0.3) is 11.8 Å². The van der Waals surface area contributed by atoms with Crippen LogP contribution in [0.25, 0.3) is 11.5 Å². The van der Waals surface area contributed by atoms with E-state index in [1.807, 2.05) is 0 Å². The number of carbonyl (C=O) groups is 2. The van der Waals surface area contributed by atoms with E-state index in [-0.39, 0.29) is 39.9 Å². The lowest BCUT2D eigenvalue weighted by molar-refractivity contribution is -0.141. The highest BCUT2D eigenvalue weighted by Crippen LogP contribution is 2.60. The number of ether oxygens (including phenoxy) is 1. The predicted molar refractivity (Wildman–Crippen MR) is 119 cm³/mol. The largest absolute Gasteiger partial charge is 0.484 e. The summed E-state index contributed by atoms with van der Waals surface area (Å²) in [5.74, 6) is -1.70. The molecule has 7 nitrogen and oxygen atoms in total. The summed E-state index contributed by atoms with van der Waals surface area (Å²) in [5.41, 5.74) is -0.390. The first kappa shape index (κ1) is 22.6. The van der Waals surface area contributed by atoms with Crippen molar-refractivity contribution in [3.63, 3.8) is 0 Å². The SMILES string of the molecule is O=C(COc1ccc(Cl)c(F)c1)NC12CC(NC(=O)c3coc(-c4ccc(Cl)c(F)c4)n3)(C1)C2. The molecule has 0 atom stereocenters. The highest BCUT2D eigenvalue weighted by molar-refractivity contribution is 6.31. The van der Waals surface area contributed by atoms with Crippen molar-refractivity contribution in [3.05, 3.63) is 70.0 Å². The summed E-state index contributed by atoms with van der Waals surface area (Å²) < 4.78 is 37.7. The summed E-state index contributed by atoms with van der Waals surface area (Å²) >= 11 is 11.3. The number of rotatable bonds is 7. The molecule has 6 rings (SSSR count). The average molecular weight is 508 g/mol. The molecular weight excluding hydrogens is 491 g/mol. The fraction of sp³-hybridized carbons (Fsp3) is 0.261. The minimum absolute atomic E-state index is 0.0247. The third-order valence-electron chi connectivity index (χ3n) is 5.98. The second-order valence-corrected chi connectivity index (χ2v) is 9.44. The molecule has 1 heterocycles. The van der Waals surface area contributed by atoms with Crippen LogP contribution in [0.2, 0.25) is 10.0 Å². The van der Waals surface area contributed by atoms with Crippen LogP contribution in [-0.4, -0.2) is 34.5 Å². The Morgan fingerprint density at radius 3 is 2.32 bits per heavy atom. The standard InChI is InChI=1S/C23H17Cl2F2N3O4/c24-14-3-1-12(5-16(14)26)21-28-18(7-34-21)20(32)30-23-9-22(10-23,11-23)29-19(31)8-33-13-2-4-15(25)17(27)6-13/h1-7H,8-11H2,(H,29,31)(H,30,32). The quantitative estimate of drug-likeness (QED) is 0.490. The molecule has 34 heavy (non-hydrogen) atoms. The molecule has 3 aliphatic rings. The van der Waals surface area contributed by atoms with E-state index in [2.05, 4.69) is 15.6 Å². The van der Waals surface area contributed by atoms with Gasteiger partial charge in [0.1, 0.15) is 23.6 Å². The molecule has 0 spiro atoms. The first-order valence-corrected chi connectivity index (χ1v) is 11.0. The number of halogens is 4. The summed E-state index contributed by atoms with van der Waals surface area (Å²) in [6, 6.07) is 8.03. The van der Waals surface area contributed by atoms with Crippen LogP contribution in [0, 0.1) is 11.6 Å². The molecule has 2 bridgehead atoms. The molecule has 11 heteroatoms. The van der Waals surface area contributed by atoms with Crippen LogP contribution in [0.1, 0.15) is 29.8 Å². The van der Waals surface area contributed by atoms with Crippen molar-refractivity contribution in [1.29, 1.82) is 0 Å². The first-order valence-electron chi connectivity index (χ1n) is 10.3. The third kappa shape index (κ3) is 4.21. The zero-order chi connectivity index (χ0) is 24.1. The molecule has 2 N–H and O–H groups in total. The van der Waals surface area contributed by atoms with Gasteiger partial charge >= 0.3 is 0 Å². The van der Waals surface area contributed by atoms with E-state index in [0.29, 0.717) is 24.8 Å². The fourth-order valence-electron chi connectivity index (χ4n) is 4.55. The summed E-state index contributed by atoms with van der Waals surface area (Å²) in [5, 5.41) is 5.79. The molecule has 3 fully saturated rings. The predicted octanol–water partition coefficient (Wildman–Crippen LogP) is 4.53. The lowest BCUT2D eigenvalue weighted by atomic mass is 9.44. The third-order valence-corrected chi connectivity index (χ3v) is 6.59. The zero-order valence-corrected chi connectivity index (χ0v) is 19.0. The van der Waals surface area contributed by atoms with Gasteiger partial charge in [0, 0.05) is 22.7 Å². The Kier molecular flexibility index (Phi) is 5.49. The molecule has 0 unspecified atom stereocenters. The molecule has 3 aliphatic carbocycles. The van der Waals surface area contributed by atoms with Crippen molar-refractivity contribution in [2.45, 2.75) is 30.3 Å². The summed E-state index contributed by atoms with van der Waals surface area (Å²) in [4.78, 5) is 29.0. The average Bonchev–Trinajstić information content (AvgIpc) is 3.24. The number of carbonyl (C=O) groups excluding carboxylic acids is 2. The number of nitrogens with zero attached hydrogens (tertiary/aromatic N) is 1. The molecule has 0 radical (unpaired) electrons. The monoisotopic (exact) mass is 507 g/mol. The Balaban J connectivity index is 1.11. The zero-order valence-electron chi connectivity index (χ0n) is 17.5. The van der Waals surface area contributed by atoms with Gasteiger partial charge in [0.2, 0.25) is 5.89 Å². The fourth-order valence-corrected chi connectivity index (χ4v) is 4.78. The second kappa shape index (κ2) is 8.25. The van der Waals surface area contributed by atoms with Crippen LogP contribution in [0.5, 0.6) is 5.75 Å². The van der Waals surface area contributed by atoms with Gasteiger partial charge in [-0.05, 0) is 49.6 Å². The Bertz CT molecular complexity index is 1290. The van der Waals surface area contributed by atoms with E-state index in [4.69, 9.17) is 32.4 Å². The topological polar surface area (TPSA) is 93.5 Å². The highest BCUT2D eigenvalue weighted by Gasteiger charge is 2.69. The van der Waals surface area contributed by atoms with Gasteiger partial charge < -0.3 is 19.8 Å². The number of nitrogens with one attached hydrogen (secondary N) is 2. The number of benzene rings is 2. The molecule has 0 aliphatic heterocycles. The van der Waals surface area contributed by atoms with E-state index in [9.17, 15) is 18.4 Å². The minimum Gasteiger partial charge on any atom is -0.484 e. The molecule has 176 valence electrons. The van der Waals surface area contributed by atoms with E-state index in [1.165, 1.54) is 30.5 Å². The smallest absolute Gasteiger partial charge is 0.273 e. The van der Waals surface area contributed by atoms with Crippen LogP contribution in [0.15, 0.2) is 47.1 Å². The lowest BCUT2D eigenvalue weighted by Crippen LogP contribution is -2.84. The van der Waals surface area contributed by atoms with Gasteiger partial charge in [-0.2, -0.15) is 0 Å². The Morgan fingerprint density at radius 2 is 1.65 bits per heavy atom. The number of oxazole rings is 1. The molecule has 3 saturated carbocycles. The molecule has 2 aromatic carbocycles. The van der Waals surface area contributed by atoms with Crippen LogP contribution in [0.4, 0.5) is 8.78 Å². The van der Waals surface area contributed by atoms with E-state index >= 15 is 0 Å². The van der Waals surface area contributed by atoms with Crippen LogP contribution >= 0.6 is 23.2 Å². The van der Waals surface area contributed by atoms with E-state index in [0.717, 1.165) is 6.07 Å². The van der Waals surface area contributed by atoms with Gasteiger partial charge in [-0.25, -0.2) is 13.8 Å².